The van der Waals surface area contributed by atoms with Gasteiger partial charge in [0.05, 0.1) is 12.6 Å². The molecule has 0 fully saturated rings. The monoisotopic (exact) mass is 205 g/mol. The number of hydrogen-bond donors (Lipinski definition) is 2. The van der Waals surface area contributed by atoms with Crippen molar-refractivity contribution in [3.05, 3.63) is 35.1 Å². The molecule has 0 aliphatic rings. The van der Waals surface area contributed by atoms with E-state index in [-0.39, 0.29) is 24.8 Å². The molecule has 0 aliphatic heterocycles. The molecular weight excluding hydrogens is 193 g/mol. The molecule has 1 unspecified atom stereocenters. The molecule has 1 aromatic carbocycles. The molecule has 1 aromatic rings. The lowest BCUT2D eigenvalue weighted by Gasteiger charge is -2.09. The zero-order valence-electron chi connectivity index (χ0n) is 7.33. The van der Waals surface area contributed by atoms with Crippen LogP contribution in [0.5, 0.6) is 0 Å². The van der Waals surface area contributed by atoms with Gasteiger partial charge in [0.1, 0.15) is 5.82 Å². The highest BCUT2D eigenvalue weighted by Gasteiger charge is 2.09. The second kappa shape index (κ2) is 5.17. The lowest BCUT2D eigenvalue weighted by molar-refractivity contribution is 0.265. The molecule has 2 nitrogen and oxygen atoms in total. The van der Waals surface area contributed by atoms with Crippen LogP contribution in [0.1, 0.15) is 17.2 Å². The third-order valence-electron chi connectivity index (χ3n) is 1.75. The molecule has 0 amide bonds. The Labute approximate surface area is 83.0 Å². The number of rotatable bonds is 2. The van der Waals surface area contributed by atoms with E-state index >= 15 is 0 Å². The van der Waals surface area contributed by atoms with Gasteiger partial charge in [-0.2, -0.15) is 0 Å². The van der Waals surface area contributed by atoms with Crippen molar-refractivity contribution in [2.75, 3.05) is 6.61 Å². The smallest absolute Gasteiger partial charge is 0.128 e. The van der Waals surface area contributed by atoms with E-state index in [0.717, 1.165) is 5.56 Å². The first kappa shape index (κ1) is 12.4. The zero-order valence-corrected chi connectivity index (χ0v) is 8.14. The summed E-state index contributed by atoms with van der Waals surface area (Å²) in [5, 5.41) is 8.71. The van der Waals surface area contributed by atoms with E-state index < -0.39 is 6.04 Å². The summed E-state index contributed by atoms with van der Waals surface area (Å²) < 4.78 is 13.0. The second-order valence-corrected chi connectivity index (χ2v) is 2.81. The molecule has 1 rings (SSSR count). The largest absolute Gasteiger partial charge is 0.394 e. The number of halogens is 2. The van der Waals surface area contributed by atoms with Gasteiger partial charge < -0.3 is 10.8 Å². The fourth-order valence-electron chi connectivity index (χ4n) is 1.05. The van der Waals surface area contributed by atoms with Gasteiger partial charge >= 0.3 is 0 Å². The van der Waals surface area contributed by atoms with Gasteiger partial charge in [-0.05, 0) is 13.0 Å². The van der Waals surface area contributed by atoms with Crippen molar-refractivity contribution in [1.82, 2.24) is 0 Å². The van der Waals surface area contributed by atoms with Crippen LogP contribution in [0.15, 0.2) is 18.2 Å². The number of nitrogens with two attached hydrogens (primary N) is 1. The molecule has 0 bridgehead atoms. The van der Waals surface area contributed by atoms with Gasteiger partial charge in [0.2, 0.25) is 0 Å². The Morgan fingerprint density at radius 3 is 2.69 bits per heavy atom. The number of aliphatic hydroxyl groups excluding tert-OH is 1. The lowest BCUT2D eigenvalue weighted by Crippen LogP contribution is -2.16. The summed E-state index contributed by atoms with van der Waals surface area (Å²) in [6.07, 6.45) is 0. The highest BCUT2D eigenvalue weighted by molar-refractivity contribution is 5.85. The van der Waals surface area contributed by atoms with Crippen molar-refractivity contribution in [1.29, 1.82) is 0 Å². The molecule has 0 heterocycles. The predicted molar refractivity (Wildman–Crippen MR) is 52.4 cm³/mol. The van der Waals surface area contributed by atoms with Gasteiger partial charge in [-0.1, -0.05) is 17.7 Å². The molecule has 1 atom stereocenters. The van der Waals surface area contributed by atoms with E-state index in [4.69, 9.17) is 10.8 Å². The Bertz CT molecular complexity index is 280. The van der Waals surface area contributed by atoms with E-state index in [9.17, 15) is 4.39 Å². The standard InChI is InChI=1S/C9H12FNO.ClH/c1-6-2-3-8(10)7(4-6)9(11)5-12;/h2-4,9,12H,5,11H2,1H3;1H. The second-order valence-electron chi connectivity index (χ2n) is 2.81. The maximum atomic E-state index is 13.0. The van der Waals surface area contributed by atoms with Crippen molar-refractivity contribution >= 4 is 12.4 Å². The van der Waals surface area contributed by atoms with E-state index in [2.05, 4.69) is 0 Å². The van der Waals surface area contributed by atoms with Crippen molar-refractivity contribution in [2.45, 2.75) is 13.0 Å². The van der Waals surface area contributed by atoms with Crippen LogP contribution in [0.4, 0.5) is 4.39 Å². The molecule has 4 heteroatoms. The summed E-state index contributed by atoms with van der Waals surface area (Å²) >= 11 is 0. The number of aryl methyl sites for hydroxylation is 1. The van der Waals surface area contributed by atoms with Gasteiger partial charge in [0.25, 0.3) is 0 Å². The quantitative estimate of drug-likeness (QED) is 0.770. The Balaban J connectivity index is 0.00000144. The summed E-state index contributed by atoms with van der Waals surface area (Å²) in [5.41, 5.74) is 6.79. The number of hydrogen-bond acceptors (Lipinski definition) is 2. The van der Waals surface area contributed by atoms with Crippen molar-refractivity contribution in [3.8, 4) is 0 Å². The first-order valence-electron chi connectivity index (χ1n) is 3.77. The first-order chi connectivity index (χ1) is 5.65. The fourth-order valence-corrected chi connectivity index (χ4v) is 1.05. The minimum atomic E-state index is -0.620. The Morgan fingerprint density at radius 2 is 2.15 bits per heavy atom. The summed E-state index contributed by atoms with van der Waals surface area (Å²) in [4.78, 5) is 0. The molecule has 0 saturated carbocycles. The van der Waals surface area contributed by atoms with Crippen molar-refractivity contribution in [2.24, 2.45) is 5.73 Å². The number of aliphatic hydroxyl groups is 1. The van der Waals surface area contributed by atoms with Crippen molar-refractivity contribution < 1.29 is 9.50 Å². The average molecular weight is 206 g/mol. The molecule has 3 N–H and O–H groups in total. The van der Waals surface area contributed by atoms with Gasteiger partial charge in [-0.3, -0.25) is 0 Å². The lowest BCUT2D eigenvalue weighted by atomic mass is 10.1. The molecule has 0 spiro atoms. The normalized spacial score (nSPS) is 12.0. The van der Waals surface area contributed by atoms with Crippen molar-refractivity contribution in [3.63, 3.8) is 0 Å². The molecule has 0 aromatic heterocycles. The maximum absolute atomic E-state index is 13.0. The van der Waals surface area contributed by atoms with Crippen LogP contribution in [-0.4, -0.2) is 11.7 Å². The highest BCUT2D eigenvalue weighted by Crippen LogP contribution is 2.15. The third kappa shape index (κ3) is 2.95. The van der Waals surface area contributed by atoms with Crippen LogP contribution >= 0.6 is 12.4 Å². The fraction of sp³-hybridized carbons (Fsp3) is 0.333. The molecular formula is C9H13ClFNO. The molecule has 74 valence electrons. The summed E-state index contributed by atoms with van der Waals surface area (Å²) in [7, 11) is 0. The Morgan fingerprint density at radius 1 is 1.54 bits per heavy atom. The van der Waals surface area contributed by atoms with Crippen LogP contribution in [0, 0.1) is 12.7 Å². The molecule has 13 heavy (non-hydrogen) atoms. The van der Waals surface area contributed by atoms with E-state index in [1.807, 2.05) is 6.92 Å². The zero-order chi connectivity index (χ0) is 9.14. The van der Waals surface area contributed by atoms with Crippen LogP contribution in [-0.2, 0) is 0 Å². The van der Waals surface area contributed by atoms with Crippen LogP contribution in [0.2, 0.25) is 0 Å². The van der Waals surface area contributed by atoms with Gasteiger partial charge in [0.15, 0.2) is 0 Å². The first-order valence-corrected chi connectivity index (χ1v) is 3.77. The van der Waals surface area contributed by atoms with E-state index in [1.54, 1.807) is 12.1 Å². The van der Waals surface area contributed by atoms with Gasteiger partial charge in [-0.25, -0.2) is 4.39 Å². The van der Waals surface area contributed by atoms with Gasteiger partial charge in [-0.15, -0.1) is 12.4 Å². The maximum Gasteiger partial charge on any atom is 0.128 e. The van der Waals surface area contributed by atoms with Gasteiger partial charge in [0, 0.05) is 5.56 Å². The predicted octanol–water partition coefficient (Wildman–Crippen LogP) is 1.55. The summed E-state index contributed by atoms with van der Waals surface area (Å²) in [6.45, 7) is 1.62. The summed E-state index contributed by atoms with van der Waals surface area (Å²) in [5.74, 6) is -0.359. The topological polar surface area (TPSA) is 46.2 Å². The molecule has 0 saturated heterocycles. The SMILES string of the molecule is Cc1ccc(F)c(C(N)CO)c1.Cl. The van der Waals surface area contributed by atoms with Crippen LogP contribution < -0.4 is 5.73 Å². The summed E-state index contributed by atoms with van der Waals surface area (Å²) in [6, 6.07) is 4.06. The molecule has 0 radical (unpaired) electrons. The van der Waals surface area contributed by atoms with E-state index in [1.165, 1.54) is 6.07 Å². The number of benzene rings is 1. The van der Waals surface area contributed by atoms with Crippen LogP contribution in [0.25, 0.3) is 0 Å². The van der Waals surface area contributed by atoms with E-state index in [0.29, 0.717) is 5.56 Å². The molecule has 0 aliphatic carbocycles. The average Bonchev–Trinajstić information content (AvgIpc) is 2.08. The van der Waals surface area contributed by atoms with Crippen LogP contribution in [0.3, 0.4) is 0 Å². The highest BCUT2D eigenvalue weighted by atomic mass is 35.5. The minimum Gasteiger partial charge on any atom is -0.394 e. The minimum absolute atomic E-state index is 0. The Kier molecular flexibility index (Phi) is 4.91. The Hall–Kier alpha value is -0.640. The third-order valence-corrected chi connectivity index (χ3v) is 1.75.